The van der Waals surface area contributed by atoms with Gasteiger partial charge in [0.1, 0.15) is 16.9 Å². The van der Waals surface area contributed by atoms with Crippen LogP contribution in [0.3, 0.4) is 0 Å². The first-order chi connectivity index (χ1) is 17.2. The molecule has 36 heavy (non-hydrogen) atoms. The molecule has 1 aliphatic rings. The molecule has 1 fully saturated rings. The fourth-order valence-electron chi connectivity index (χ4n) is 4.09. The van der Waals surface area contributed by atoms with E-state index < -0.39 is 0 Å². The summed E-state index contributed by atoms with van der Waals surface area (Å²) in [6.07, 6.45) is 0.371. The molecule has 3 heterocycles. The molecule has 2 aromatic carbocycles. The minimum Gasteiger partial charge on any atom is -0.326 e. The highest BCUT2D eigenvalue weighted by molar-refractivity contribution is 6.40. The van der Waals surface area contributed by atoms with Crippen LogP contribution in [0, 0.1) is 5.92 Å². The van der Waals surface area contributed by atoms with Crippen molar-refractivity contribution in [2.24, 2.45) is 5.92 Å². The average Bonchev–Trinajstić information content (AvgIpc) is 3.13. The SMILES string of the molecule is CC(C)c1nn(-c2c(Cl)cc(Cl)cc2Cl)c2nc(Cc3ccc(NC(=O)C4CNC4)cc3)[nH]c(=O)c12. The highest BCUT2D eigenvalue weighted by Crippen LogP contribution is 2.34. The molecule has 1 aliphatic heterocycles. The topological polar surface area (TPSA) is 105 Å². The van der Waals surface area contributed by atoms with E-state index in [0.717, 1.165) is 11.3 Å². The van der Waals surface area contributed by atoms with E-state index in [1.54, 1.807) is 12.1 Å². The number of fused-ring (bicyclic) bond motifs is 1. The van der Waals surface area contributed by atoms with Gasteiger partial charge in [0.05, 0.1) is 21.7 Å². The molecule has 0 aliphatic carbocycles. The summed E-state index contributed by atoms with van der Waals surface area (Å²) in [6, 6.07) is 10.6. The Morgan fingerprint density at radius 3 is 2.39 bits per heavy atom. The molecule has 0 saturated carbocycles. The van der Waals surface area contributed by atoms with E-state index in [0.29, 0.717) is 62.8 Å². The van der Waals surface area contributed by atoms with Gasteiger partial charge in [-0.3, -0.25) is 9.59 Å². The van der Waals surface area contributed by atoms with E-state index in [1.807, 2.05) is 38.1 Å². The Kier molecular flexibility index (Phi) is 6.78. The summed E-state index contributed by atoms with van der Waals surface area (Å²) in [5, 5.41) is 12.1. The number of nitrogens with one attached hydrogen (secondary N) is 3. The highest BCUT2D eigenvalue weighted by Gasteiger charge is 2.25. The van der Waals surface area contributed by atoms with Crippen LogP contribution < -0.4 is 16.2 Å². The van der Waals surface area contributed by atoms with Gasteiger partial charge < -0.3 is 15.6 Å². The van der Waals surface area contributed by atoms with Gasteiger partial charge in [-0.15, -0.1) is 0 Å². The lowest BCUT2D eigenvalue weighted by Gasteiger charge is -2.25. The first kappa shape index (κ1) is 24.8. The van der Waals surface area contributed by atoms with Crippen molar-refractivity contribution in [3.05, 3.63) is 78.9 Å². The second-order valence-corrected chi connectivity index (χ2v) is 10.3. The first-order valence-electron chi connectivity index (χ1n) is 11.5. The zero-order valence-electron chi connectivity index (χ0n) is 19.5. The summed E-state index contributed by atoms with van der Waals surface area (Å²) in [4.78, 5) is 33.0. The third-order valence-electron chi connectivity index (χ3n) is 6.10. The second kappa shape index (κ2) is 9.86. The van der Waals surface area contributed by atoms with Crippen molar-refractivity contribution in [3.63, 3.8) is 0 Å². The fourth-order valence-corrected chi connectivity index (χ4v) is 5.07. The number of hydrogen-bond donors (Lipinski definition) is 3. The maximum atomic E-state index is 13.2. The van der Waals surface area contributed by atoms with Gasteiger partial charge in [-0.25, -0.2) is 9.67 Å². The highest BCUT2D eigenvalue weighted by atomic mass is 35.5. The number of hydrogen-bond acceptors (Lipinski definition) is 5. The normalized spacial score (nSPS) is 13.8. The molecule has 5 rings (SSSR count). The number of benzene rings is 2. The molecule has 2 aromatic heterocycles. The van der Waals surface area contributed by atoms with E-state index in [2.05, 4.69) is 20.7 Å². The van der Waals surface area contributed by atoms with Gasteiger partial charge in [0.2, 0.25) is 5.91 Å². The smallest absolute Gasteiger partial charge is 0.262 e. The van der Waals surface area contributed by atoms with E-state index in [1.165, 1.54) is 4.68 Å². The van der Waals surface area contributed by atoms with Gasteiger partial charge in [-0.05, 0) is 35.7 Å². The fraction of sp³-hybridized carbons (Fsp3) is 0.280. The van der Waals surface area contributed by atoms with E-state index >= 15 is 0 Å². The zero-order valence-corrected chi connectivity index (χ0v) is 21.8. The van der Waals surface area contributed by atoms with Crippen molar-refractivity contribution >= 4 is 57.4 Å². The third kappa shape index (κ3) is 4.74. The van der Waals surface area contributed by atoms with Gasteiger partial charge >= 0.3 is 0 Å². The number of amides is 1. The predicted octanol–water partition coefficient (Wildman–Crippen LogP) is 4.94. The van der Waals surface area contributed by atoms with Crippen molar-refractivity contribution in [2.45, 2.75) is 26.2 Å². The van der Waals surface area contributed by atoms with Gasteiger partial charge in [0.25, 0.3) is 5.56 Å². The Morgan fingerprint density at radius 1 is 1.14 bits per heavy atom. The van der Waals surface area contributed by atoms with Gasteiger partial charge in [-0.2, -0.15) is 5.10 Å². The maximum Gasteiger partial charge on any atom is 0.262 e. The molecule has 0 unspecified atom stereocenters. The Hall–Kier alpha value is -2.91. The van der Waals surface area contributed by atoms with Crippen LogP contribution >= 0.6 is 34.8 Å². The Bertz CT molecular complexity index is 1500. The monoisotopic (exact) mass is 544 g/mol. The van der Waals surface area contributed by atoms with Crippen molar-refractivity contribution in [1.82, 2.24) is 25.1 Å². The molecule has 1 saturated heterocycles. The van der Waals surface area contributed by atoms with Crippen molar-refractivity contribution < 1.29 is 4.79 Å². The molecular weight excluding hydrogens is 523 g/mol. The summed E-state index contributed by atoms with van der Waals surface area (Å²) >= 11 is 19.0. The molecule has 8 nitrogen and oxygen atoms in total. The summed E-state index contributed by atoms with van der Waals surface area (Å²) in [7, 11) is 0. The largest absolute Gasteiger partial charge is 0.326 e. The number of H-pyrrole nitrogens is 1. The van der Waals surface area contributed by atoms with Crippen LogP contribution in [0.5, 0.6) is 0 Å². The third-order valence-corrected chi connectivity index (χ3v) is 6.89. The van der Waals surface area contributed by atoms with Crippen LogP contribution in [0.2, 0.25) is 15.1 Å². The summed E-state index contributed by atoms with van der Waals surface area (Å²) in [5.74, 6) is 0.439. The standard InChI is InChI=1S/C25H23Cl3N6O2/c1-12(2)21-20-23(34(33-21)22-17(27)8-15(26)9-18(22)28)31-19(32-25(20)36)7-13-3-5-16(6-4-13)30-24(35)14-10-29-11-14/h3-6,8-9,12,14,29H,7,10-11H2,1-2H3,(H,30,35)(H,31,32,36). The van der Waals surface area contributed by atoms with Gasteiger partial charge in [0.15, 0.2) is 5.65 Å². The quantitative estimate of drug-likeness (QED) is 0.318. The minimum atomic E-state index is -0.288. The van der Waals surface area contributed by atoms with Crippen molar-refractivity contribution in [2.75, 3.05) is 18.4 Å². The first-order valence-corrected chi connectivity index (χ1v) is 12.6. The minimum absolute atomic E-state index is 0.00619. The van der Waals surface area contributed by atoms with Crippen molar-refractivity contribution in [3.8, 4) is 5.69 Å². The maximum absolute atomic E-state index is 13.2. The van der Waals surface area contributed by atoms with E-state index in [9.17, 15) is 9.59 Å². The molecule has 0 bridgehead atoms. The number of carbonyl (C=O) groups is 1. The summed E-state index contributed by atoms with van der Waals surface area (Å²) < 4.78 is 1.51. The van der Waals surface area contributed by atoms with Gasteiger partial charge in [-0.1, -0.05) is 60.8 Å². The molecular formula is C25H23Cl3N6O2. The molecule has 0 spiro atoms. The Morgan fingerprint density at radius 2 is 1.81 bits per heavy atom. The van der Waals surface area contributed by atoms with Crippen molar-refractivity contribution in [1.29, 1.82) is 0 Å². The lowest BCUT2D eigenvalue weighted by Crippen LogP contribution is -2.48. The molecule has 0 atom stereocenters. The van der Waals surface area contributed by atoms with Crippen LogP contribution in [0.15, 0.2) is 41.2 Å². The zero-order chi connectivity index (χ0) is 25.6. The molecule has 0 radical (unpaired) electrons. The molecule has 3 N–H and O–H groups in total. The summed E-state index contributed by atoms with van der Waals surface area (Å²) in [6.45, 7) is 5.30. The van der Waals surface area contributed by atoms with Crippen LogP contribution in [-0.4, -0.2) is 38.7 Å². The lowest BCUT2D eigenvalue weighted by atomic mass is 10.0. The summed E-state index contributed by atoms with van der Waals surface area (Å²) in [5.41, 5.74) is 2.71. The number of anilines is 1. The second-order valence-electron chi connectivity index (χ2n) is 9.10. The van der Waals surface area contributed by atoms with E-state index in [-0.39, 0.29) is 23.3 Å². The molecule has 4 aromatic rings. The van der Waals surface area contributed by atoms with Crippen LogP contribution in [0.25, 0.3) is 16.7 Å². The average molecular weight is 546 g/mol. The van der Waals surface area contributed by atoms with Gasteiger partial charge in [0, 0.05) is 30.2 Å². The number of carbonyl (C=O) groups excluding carboxylic acids is 1. The molecule has 1 amide bonds. The number of rotatable bonds is 6. The predicted molar refractivity (Wildman–Crippen MR) is 143 cm³/mol. The number of aromatic nitrogens is 4. The van der Waals surface area contributed by atoms with E-state index in [4.69, 9.17) is 39.8 Å². The van der Waals surface area contributed by atoms with Crippen LogP contribution in [0.1, 0.15) is 36.8 Å². The Labute approximate surface area is 222 Å². The number of aromatic amines is 1. The van der Waals surface area contributed by atoms with Crippen LogP contribution in [0.4, 0.5) is 5.69 Å². The number of halogens is 3. The molecule has 186 valence electrons. The Balaban J connectivity index is 1.51. The molecule has 11 heteroatoms. The lowest BCUT2D eigenvalue weighted by molar-refractivity contribution is -0.121. The number of nitrogens with zero attached hydrogens (tertiary/aromatic N) is 3. The van der Waals surface area contributed by atoms with Crippen LogP contribution in [-0.2, 0) is 11.2 Å².